The number of amides is 2. The summed E-state index contributed by atoms with van der Waals surface area (Å²) in [6.07, 6.45) is 8.91. The standard InChI is InChI=1S/C17H30N2O2/c1-3-5-8-14(4-2)13-19-12-9-15(20)18-17(16(19)21)10-6-7-11-17/h14H,3-13H2,1-2H3,(H,18,20). The van der Waals surface area contributed by atoms with Crippen molar-refractivity contribution in [2.24, 2.45) is 5.92 Å². The van der Waals surface area contributed by atoms with Crippen molar-refractivity contribution >= 4 is 11.8 Å². The van der Waals surface area contributed by atoms with Gasteiger partial charge in [-0.15, -0.1) is 0 Å². The lowest BCUT2D eigenvalue weighted by molar-refractivity contribution is -0.139. The third-order valence-corrected chi connectivity index (χ3v) is 5.16. The average Bonchev–Trinajstić information content (AvgIpc) is 2.91. The Balaban J connectivity index is 2.06. The zero-order chi connectivity index (χ0) is 15.3. The van der Waals surface area contributed by atoms with Crippen LogP contribution in [0.25, 0.3) is 0 Å². The van der Waals surface area contributed by atoms with Crippen LogP contribution in [0.1, 0.15) is 71.6 Å². The number of hydrogen-bond donors (Lipinski definition) is 1. The summed E-state index contributed by atoms with van der Waals surface area (Å²) in [5.41, 5.74) is -0.573. The number of nitrogens with one attached hydrogen (secondary N) is 1. The van der Waals surface area contributed by atoms with Gasteiger partial charge in [-0.1, -0.05) is 46.0 Å². The molecule has 0 aromatic rings. The molecule has 2 rings (SSSR count). The maximum Gasteiger partial charge on any atom is 0.248 e. The van der Waals surface area contributed by atoms with Crippen LogP contribution in [0.2, 0.25) is 0 Å². The number of hydrogen-bond acceptors (Lipinski definition) is 2. The van der Waals surface area contributed by atoms with Gasteiger partial charge < -0.3 is 10.2 Å². The van der Waals surface area contributed by atoms with Crippen LogP contribution in [0.15, 0.2) is 0 Å². The Hall–Kier alpha value is -1.06. The molecule has 1 N–H and O–H groups in total. The van der Waals surface area contributed by atoms with Crippen LogP contribution in [0.4, 0.5) is 0 Å². The lowest BCUT2D eigenvalue weighted by Crippen LogP contribution is -2.55. The molecule has 2 fully saturated rings. The molecule has 1 aliphatic heterocycles. The molecule has 0 aromatic heterocycles. The lowest BCUT2D eigenvalue weighted by Gasteiger charge is -2.33. The summed E-state index contributed by atoms with van der Waals surface area (Å²) in [5, 5.41) is 3.04. The van der Waals surface area contributed by atoms with E-state index in [4.69, 9.17) is 0 Å². The summed E-state index contributed by atoms with van der Waals surface area (Å²) >= 11 is 0. The van der Waals surface area contributed by atoms with Crippen molar-refractivity contribution in [3.05, 3.63) is 0 Å². The van der Waals surface area contributed by atoms with Gasteiger partial charge in [-0.3, -0.25) is 9.59 Å². The second-order valence-corrected chi connectivity index (χ2v) is 6.76. The number of nitrogens with zero attached hydrogens (tertiary/aromatic N) is 1. The molecule has 0 radical (unpaired) electrons. The highest BCUT2D eigenvalue weighted by molar-refractivity contribution is 5.93. The van der Waals surface area contributed by atoms with Gasteiger partial charge in [0.25, 0.3) is 0 Å². The van der Waals surface area contributed by atoms with E-state index in [2.05, 4.69) is 19.2 Å². The van der Waals surface area contributed by atoms with E-state index in [1.807, 2.05) is 4.90 Å². The maximum absolute atomic E-state index is 13.0. The van der Waals surface area contributed by atoms with Crippen LogP contribution in [-0.4, -0.2) is 35.3 Å². The molecule has 2 aliphatic rings. The quantitative estimate of drug-likeness (QED) is 0.819. The molecule has 1 atom stereocenters. The highest BCUT2D eigenvalue weighted by Gasteiger charge is 2.46. The van der Waals surface area contributed by atoms with Gasteiger partial charge in [0, 0.05) is 19.5 Å². The maximum atomic E-state index is 13.0. The van der Waals surface area contributed by atoms with Gasteiger partial charge in [0.05, 0.1) is 0 Å². The minimum absolute atomic E-state index is 0.0503. The normalized spacial score (nSPS) is 23.2. The Morgan fingerprint density at radius 1 is 1.24 bits per heavy atom. The first-order valence-corrected chi connectivity index (χ1v) is 8.71. The molecular formula is C17H30N2O2. The van der Waals surface area contributed by atoms with Crippen molar-refractivity contribution < 1.29 is 9.59 Å². The van der Waals surface area contributed by atoms with Gasteiger partial charge >= 0.3 is 0 Å². The lowest BCUT2D eigenvalue weighted by atomic mass is 9.94. The Bertz CT molecular complexity index is 375. The molecule has 21 heavy (non-hydrogen) atoms. The summed E-state index contributed by atoms with van der Waals surface area (Å²) in [5.74, 6) is 0.802. The number of carbonyl (C=O) groups excluding carboxylic acids is 2. The Morgan fingerprint density at radius 2 is 1.95 bits per heavy atom. The van der Waals surface area contributed by atoms with Crippen LogP contribution in [-0.2, 0) is 9.59 Å². The summed E-state index contributed by atoms with van der Waals surface area (Å²) < 4.78 is 0. The summed E-state index contributed by atoms with van der Waals surface area (Å²) in [6, 6.07) is 0. The molecule has 0 bridgehead atoms. The highest BCUT2D eigenvalue weighted by Crippen LogP contribution is 2.33. The summed E-state index contributed by atoms with van der Waals surface area (Å²) in [7, 11) is 0. The predicted molar refractivity (Wildman–Crippen MR) is 83.8 cm³/mol. The first-order valence-electron chi connectivity index (χ1n) is 8.71. The van der Waals surface area contributed by atoms with E-state index in [-0.39, 0.29) is 11.8 Å². The van der Waals surface area contributed by atoms with Gasteiger partial charge in [-0.25, -0.2) is 0 Å². The molecular weight excluding hydrogens is 264 g/mol. The highest BCUT2D eigenvalue weighted by atomic mass is 16.2. The molecule has 0 aromatic carbocycles. The molecule has 4 heteroatoms. The number of carbonyl (C=O) groups is 2. The molecule has 1 aliphatic carbocycles. The molecule has 2 amide bonds. The second-order valence-electron chi connectivity index (χ2n) is 6.76. The van der Waals surface area contributed by atoms with Crippen LogP contribution < -0.4 is 5.32 Å². The fraction of sp³-hybridized carbons (Fsp3) is 0.882. The Morgan fingerprint density at radius 3 is 2.57 bits per heavy atom. The number of rotatable bonds is 6. The first kappa shape index (κ1) is 16.3. The molecule has 1 saturated heterocycles. The zero-order valence-electron chi connectivity index (χ0n) is 13.6. The van der Waals surface area contributed by atoms with Gasteiger partial charge in [-0.2, -0.15) is 0 Å². The predicted octanol–water partition coefficient (Wildman–Crippen LogP) is 2.86. The van der Waals surface area contributed by atoms with Crippen molar-refractivity contribution in [2.75, 3.05) is 13.1 Å². The molecule has 1 saturated carbocycles. The van der Waals surface area contributed by atoms with Crippen molar-refractivity contribution in [1.82, 2.24) is 10.2 Å². The monoisotopic (exact) mass is 294 g/mol. The van der Waals surface area contributed by atoms with Gasteiger partial charge in [0.2, 0.25) is 11.8 Å². The van der Waals surface area contributed by atoms with Crippen LogP contribution in [0, 0.1) is 5.92 Å². The van der Waals surface area contributed by atoms with E-state index in [0.717, 1.165) is 38.6 Å². The minimum Gasteiger partial charge on any atom is -0.342 e. The third-order valence-electron chi connectivity index (χ3n) is 5.16. The SMILES string of the molecule is CCCCC(CC)CN1CCC(=O)NC2(CCCC2)C1=O. The van der Waals surface area contributed by atoms with Crippen LogP contribution in [0.5, 0.6) is 0 Å². The smallest absolute Gasteiger partial charge is 0.248 e. The second kappa shape index (κ2) is 7.28. The Labute approximate surface area is 128 Å². The van der Waals surface area contributed by atoms with E-state index < -0.39 is 5.54 Å². The molecule has 1 heterocycles. The van der Waals surface area contributed by atoms with Crippen molar-refractivity contribution in [1.29, 1.82) is 0 Å². The van der Waals surface area contributed by atoms with E-state index in [1.165, 1.54) is 19.3 Å². The van der Waals surface area contributed by atoms with E-state index >= 15 is 0 Å². The summed E-state index contributed by atoms with van der Waals surface area (Å²) in [4.78, 5) is 26.9. The van der Waals surface area contributed by atoms with Gasteiger partial charge in [0.15, 0.2) is 0 Å². The van der Waals surface area contributed by atoms with Crippen LogP contribution >= 0.6 is 0 Å². The van der Waals surface area contributed by atoms with Crippen molar-refractivity contribution in [3.63, 3.8) is 0 Å². The van der Waals surface area contributed by atoms with Crippen LogP contribution in [0.3, 0.4) is 0 Å². The van der Waals surface area contributed by atoms with Crippen molar-refractivity contribution in [3.8, 4) is 0 Å². The Kier molecular flexibility index (Phi) is 5.65. The van der Waals surface area contributed by atoms with Crippen molar-refractivity contribution in [2.45, 2.75) is 77.2 Å². The van der Waals surface area contributed by atoms with E-state index in [9.17, 15) is 9.59 Å². The fourth-order valence-electron chi connectivity index (χ4n) is 3.74. The number of unbranched alkanes of at least 4 members (excludes halogenated alkanes) is 1. The van der Waals surface area contributed by atoms with E-state index in [1.54, 1.807) is 0 Å². The van der Waals surface area contributed by atoms with Gasteiger partial charge in [0.1, 0.15) is 5.54 Å². The fourth-order valence-corrected chi connectivity index (χ4v) is 3.74. The topological polar surface area (TPSA) is 49.4 Å². The average molecular weight is 294 g/mol. The molecule has 120 valence electrons. The molecule has 4 nitrogen and oxygen atoms in total. The third kappa shape index (κ3) is 3.78. The first-order chi connectivity index (χ1) is 10.1. The largest absolute Gasteiger partial charge is 0.342 e. The molecule has 1 unspecified atom stereocenters. The van der Waals surface area contributed by atoms with E-state index in [0.29, 0.717) is 18.9 Å². The minimum atomic E-state index is -0.573. The van der Waals surface area contributed by atoms with Gasteiger partial charge in [-0.05, 0) is 25.2 Å². The molecule has 1 spiro atoms. The summed E-state index contributed by atoms with van der Waals surface area (Å²) in [6.45, 7) is 5.83. The zero-order valence-corrected chi connectivity index (χ0v) is 13.6.